The third-order valence-electron chi connectivity index (χ3n) is 3.84. The van der Waals surface area contributed by atoms with E-state index in [0.717, 1.165) is 18.7 Å². The van der Waals surface area contributed by atoms with Gasteiger partial charge in [0.25, 0.3) is 5.91 Å². The van der Waals surface area contributed by atoms with Crippen molar-refractivity contribution in [2.45, 2.75) is 18.9 Å². The average Bonchev–Trinajstić information content (AvgIpc) is 3.17. The zero-order valence-corrected chi connectivity index (χ0v) is 11.4. The normalized spacial score (nSPS) is 18.7. The Morgan fingerprint density at radius 2 is 2.20 bits per heavy atom. The minimum Gasteiger partial charge on any atom is -0.394 e. The first-order valence-electron chi connectivity index (χ1n) is 6.79. The Kier molecular flexibility index (Phi) is 3.31. The van der Waals surface area contributed by atoms with E-state index in [1.54, 1.807) is 15.8 Å². The molecule has 1 aliphatic rings. The fourth-order valence-electron chi connectivity index (χ4n) is 2.81. The van der Waals surface area contributed by atoms with Crippen molar-refractivity contribution in [1.29, 1.82) is 0 Å². The highest BCUT2D eigenvalue weighted by Crippen LogP contribution is 2.22. The van der Waals surface area contributed by atoms with Gasteiger partial charge in [-0.05, 0) is 25.0 Å². The predicted octanol–water partition coefficient (Wildman–Crippen LogP) is 0.808. The lowest BCUT2D eigenvalue weighted by Crippen LogP contribution is -2.37. The van der Waals surface area contributed by atoms with Crippen molar-refractivity contribution < 1.29 is 9.90 Å². The minimum atomic E-state index is -0.0692. The van der Waals surface area contributed by atoms with Crippen LogP contribution < -0.4 is 0 Å². The van der Waals surface area contributed by atoms with Crippen molar-refractivity contribution in [1.82, 2.24) is 19.2 Å². The molecular formula is C14H18N4O2. The summed E-state index contributed by atoms with van der Waals surface area (Å²) in [6, 6.07) is 3.75. The summed E-state index contributed by atoms with van der Waals surface area (Å²) in [4.78, 5) is 14.4. The lowest BCUT2D eigenvalue weighted by Gasteiger charge is -2.23. The molecule has 0 spiro atoms. The summed E-state index contributed by atoms with van der Waals surface area (Å²) in [5.41, 5.74) is 0.573. The molecule has 1 aliphatic heterocycles. The van der Waals surface area contributed by atoms with Gasteiger partial charge in [-0.1, -0.05) is 0 Å². The number of rotatable bonds is 3. The van der Waals surface area contributed by atoms with Gasteiger partial charge in [-0.3, -0.25) is 9.48 Å². The Balaban J connectivity index is 1.97. The Labute approximate surface area is 117 Å². The molecule has 6 heteroatoms. The van der Waals surface area contributed by atoms with Gasteiger partial charge in [0, 0.05) is 26.0 Å². The van der Waals surface area contributed by atoms with Crippen LogP contribution in [0.1, 0.15) is 23.2 Å². The molecule has 1 atom stereocenters. The van der Waals surface area contributed by atoms with E-state index in [4.69, 9.17) is 0 Å². The van der Waals surface area contributed by atoms with E-state index in [-0.39, 0.29) is 18.6 Å². The molecule has 1 N–H and O–H groups in total. The molecule has 2 aromatic heterocycles. The van der Waals surface area contributed by atoms with E-state index in [1.165, 1.54) is 0 Å². The predicted molar refractivity (Wildman–Crippen MR) is 73.7 cm³/mol. The Morgan fingerprint density at radius 3 is 2.90 bits per heavy atom. The number of carbonyl (C=O) groups is 1. The highest BCUT2D eigenvalue weighted by molar-refractivity contribution is 5.97. The molecule has 0 radical (unpaired) electrons. The molecule has 106 valence electrons. The fourth-order valence-corrected chi connectivity index (χ4v) is 2.81. The number of aryl methyl sites for hydroxylation is 1. The highest BCUT2D eigenvalue weighted by Gasteiger charge is 2.31. The summed E-state index contributed by atoms with van der Waals surface area (Å²) in [5.74, 6) is 0.696. The van der Waals surface area contributed by atoms with Gasteiger partial charge >= 0.3 is 0 Å². The van der Waals surface area contributed by atoms with Crippen LogP contribution in [0.3, 0.4) is 0 Å². The number of aromatic nitrogens is 3. The van der Waals surface area contributed by atoms with Crippen molar-refractivity contribution in [3.8, 4) is 5.82 Å². The number of nitrogens with zero attached hydrogens (tertiary/aromatic N) is 4. The van der Waals surface area contributed by atoms with Gasteiger partial charge in [0.15, 0.2) is 0 Å². The van der Waals surface area contributed by atoms with Crippen LogP contribution in [0, 0.1) is 0 Å². The topological polar surface area (TPSA) is 63.3 Å². The van der Waals surface area contributed by atoms with Crippen LogP contribution in [-0.4, -0.2) is 49.5 Å². The van der Waals surface area contributed by atoms with Crippen LogP contribution in [-0.2, 0) is 7.05 Å². The molecule has 2 aromatic rings. The lowest BCUT2D eigenvalue weighted by atomic mass is 10.2. The van der Waals surface area contributed by atoms with E-state index >= 15 is 0 Å². The van der Waals surface area contributed by atoms with Crippen molar-refractivity contribution in [2.75, 3.05) is 13.2 Å². The number of hydrogen-bond donors (Lipinski definition) is 1. The van der Waals surface area contributed by atoms with Crippen LogP contribution in [0.2, 0.25) is 0 Å². The van der Waals surface area contributed by atoms with Gasteiger partial charge in [-0.15, -0.1) is 0 Å². The van der Waals surface area contributed by atoms with Crippen molar-refractivity contribution in [3.63, 3.8) is 0 Å². The quantitative estimate of drug-likeness (QED) is 0.901. The summed E-state index contributed by atoms with van der Waals surface area (Å²) >= 11 is 0. The standard InChI is InChI=1S/C14H18N4O2/c1-16-13(17-6-2-3-7-17)12(9-15-16)14(20)18-8-4-5-11(18)10-19/h2-3,6-7,9,11,19H,4-5,8,10H2,1H3. The zero-order valence-electron chi connectivity index (χ0n) is 11.4. The maximum absolute atomic E-state index is 12.7. The molecule has 3 rings (SSSR count). The fraction of sp³-hybridized carbons (Fsp3) is 0.429. The number of aliphatic hydroxyl groups is 1. The summed E-state index contributed by atoms with van der Waals surface area (Å²) in [6.45, 7) is 0.717. The first kappa shape index (κ1) is 12.9. The number of aliphatic hydroxyl groups excluding tert-OH is 1. The Bertz CT molecular complexity index is 603. The van der Waals surface area contributed by atoms with Crippen LogP contribution in [0.25, 0.3) is 5.82 Å². The maximum Gasteiger partial charge on any atom is 0.259 e. The largest absolute Gasteiger partial charge is 0.394 e. The van der Waals surface area contributed by atoms with Gasteiger partial charge in [0.05, 0.1) is 18.8 Å². The zero-order chi connectivity index (χ0) is 14.1. The minimum absolute atomic E-state index is 0.0187. The van der Waals surface area contributed by atoms with Crippen LogP contribution in [0.4, 0.5) is 0 Å². The van der Waals surface area contributed by atoms with Gasteiger partial charge < -0.3 is 14.6 Å². The van der Waals surface area contributed by atoms with Gasteiger partial charge in [0.1, 0.15) is 11.4 Å². The summed E-state index contributed by atoms with van der Waals surface area (Å²) in [7, 11) is 1.82. The summed E-state index contributed by atoms with van der Waals surface area (Å²) in [6.07, 6.45) is 7.18. The van der Waals surface area contributed by atoms with Gasteiger partial charge in [0.2, 0.25) is 0 Å². The monoisotopic (exact) mass is 274 g/mol. The smallest absolute Gasteiger partial charge is 0.259 e. The lowest BCUT2D eigenvalue weighted by molar-refractivity contribution is 0.0677. The van der Waals surface area contributed by atoms with E-state index < -0.39 is 0 Å². The Hall–Kier alpha value is -2.08. The third kappa shape index (κ3) is 2.02. The molecule has 1 unspecified atom stereocenters. The van der Waals surface area contributed by atoms with Gasteiger partial charge in [-0.25, -0.2) is 0 Å². The second-order valence-corrected chi connectivity index (χ2v) is 5.07. The van der Waals surface area contributed by atoms with Crippen LogP contribution >= 0.6 is 0 Å². The van der Waals surface area contributed by atoms with Crippen molar-refractivity contribution in [3.05, 3.63) is 36.3 Å². The molecule has 1 saturated heterocycles. The maximum atomic E-state index is 12.7. The summed E-state index contributed by atoms with van der Waals surface area (Å²) < 4.78 is 3.57. The number of hydrogen-bond acceptors (Lipinski definition) is 3. The second-order valence-electron chi connectivity index (χ2n) is 5.07. The number of carbonyl (C=O) groups excluding carboxylic acids is 1. The summed E-state index contributed by atoms with van der Waals surface area (Å²) in [5, 5.41) is 13.6. The highest BCUT2D eigenvalue weighted by atomic mass is 16.3. The first-order valence-corrected chi connectivity index (χ1v) is 6.79. The third-order valence-corrected chi connectivity index (χ3v) is 3.84. The van der Waals surface area contributed by atoms with Crippen LogP contribution in [0.5, 0.6) is 0 Å². The molecule has 1 amide bonds. The van der Waals surface area contributed by atoms with Crippen molar-refractivity contribution in [2.24, 2.45) is 7.05 Å². The molecule has 3 heterocycles. The number of amides is 1. The molecule has 20 heavy (non-hydrogen) atoms. The first-order chi connectivity index (χ1) is 9.72. The second kappa shape index (κ2) is 5.13. The van der Waals surface area contributed by atoms with E-state index in [2.05, 4.69) is 5.10 Å². The van der Waals surface area contributed by atoms with Crippen LogP contribution in [0.15, 0.2) is 30.7 Å². The van der Waals surface area contributed by atoms with Crippen molar-refractivity contribution >= 4 is 5.91 Å². The Morgan fingerprint density at radius 1 is 1.45 bits per heavy atom. The molecule has 0 saturated carbocycles. The number of likely N-dealkylation sites (tertiary alicyclic amines) is 1. The van der Waals surface area contributed by atoms with E-state index in [0.29, 0.717) is 12.1 Å². The molecule has 0 aromatic carbocycles. The molecule has 0 aliphatic carbocycles. The molecule has 1 fully saturated rings. The molecule has 6 nitrogen and oxygen atoms in total. The SMILES string of the molecule is Cn1ncc(C(=O)N2CCCC2CO)c1-n1cccc1. The molecule has 0 bridgehead atoms. The van der Waals surface area contributed by atoms with E-state index in [1.807, 2.05) is 36.1 Å². The molecular weight excluding hydrogens is 256 g/mol. The van der Waals surface area contributed by atoms with Gasteiger partial charge in [-0.2, -0.15) is 5.10 Å². The average molecular weight is 274 g/mol. The van der Waals surface area contributed by atoms with E-state index in [9.17, 15) is 9.90 Å².